The summed E-state index contributed by atoms with van der Waals surface area (Å²) in [6, 6.07) is 13.1. The minimum Gasteiger partial charge on any atom is -0.508 e. The fourth-order valence-electron chi connectivity index (χ4n) is 10.6. The van der Waals surface area contributed by atoms with Crippen molar-refractivity contribution >= 4 is 5.91 Å². The number of carbonyl (C=O) groups is 1. The van der Waals surface area contributed by atoms with E-state index < -0.39 is 0 Å². The van der Waals surface area contributed by atoms with Crippen molar-refractivity contribution in [2.75, 3.05) is 19.6 Å². The van der Waals surface area contributed by atoms with E-state index in [0.717, 1.165) is 44.7 Å². The first-order chi connectivity index (χ1) is 17.9. The van der Waals surface area contributed by atoms with E-state index in [1.807, 2.05) is 6.07 Å². The maximum atomic E-state index is 14.1. The number of nitrogens with zero attached hydrogens (tertiary/aromatic N) is 2. The molecule has 1 amide bonds. The van der Waals surface area contributed by atoms with Crippen LogP contribution in [0, 0.1) is 34.9 Å². The molecule has 2 bridgehead atoms. The standard InChI is InChI=1S/C32H37FN2O2/c1-19-31-11-3-6-28-29(23(15-31)17-35(28)30(37)22-4-2-5-25(33)13-22)32(31)24(18-34(19)16-20-7-8-20)12-21-9-10-26(36)14-27(21)32/h2,4-5,9-10,13-14,19-20,23-24,28-29,36H,3,6-8,11-12,15-18H2,1H3/t19?,23-,24?,28?,29?,31?,32?/m1/s1. The number of phenols is 1. The van der Waals surface area contributed by atoms with Gasteiger partial charge in [-0.2, -0.15) is 0 Å². The molecule has 5 heteroatoms. The van der Waals surface area contributed by atoms with Gasteiger partial charge in [0.1, 0.15) is 11.6 Å². The van der Waals surface area contributed by atoms with Gasteiger partial charge in [-0.1, -0.05) is 18.6 Å². The van der Waals surface area contributed by atoms with E-state index in [0.29, 0.717) is 35.1 Å². The highest BCUT2D eigenvalue weighted by Gasteiger charge is 2.76. The number of amides is 1. The molecule has 37 heavy (non-hydrogen) atoms. The Morgan fingerprint density at radius 2 is 2.00 bits per heavy atom. The van der Waals surface area contributed by atoms with Crippen molar-refractivity contribution in [1.29, 1.82) is 0 Å². The van der Waals surface area contributed by atoms with Crippen LogP contribution in [-0.2, 0) is 11.8 Å². The van der Waals surface area contributed by atoms with Crippen LogP contribution in [0.2, 0.25) is 0 Å². The van der Waals surface area contributed by atoms with Crippen molar-refractivity contribution in [2.45, 2.75) is 69.4 Å². The largest absolute Gasteiger partial charge is 0.508 e. The highest BCUT2D eigenvalue weighted by atomic mass is 19.1. The van der Waals surface area contributed by atoms with Gasteiger partial charge in [-0.25, -0.2) is 4.39 Å². The Labute approximate surface area is 218 Å². The lowest BCUT2D eigenvalue weighted by Gasteiger charge is -2.61. The SMILES string of the molecule is CC1N(CC2CC2)CC2Cc3ccc(O)cc3C23C2C4CCCC13C[C@@H]2CN4C(=O)c1cccc(F)c1. The molecule has 2 aromatic rings. The van der Waals surface area contributed by atoms with E-state index >= 15 is 0 Å². The first-order valence-electron chi connectivity index (χ1n) is 14.6. The van der Waals surface area contributed by atoms with Gasteiger partial charge >= 0.3 is 0 Å². The Morgan fingerprint density at radius 1 is 1.14 bits per heavy atom. The predicted octanol–water partition coefficient (Wildman–Crippen LogP) is 5.39. The Hall–Kier alpha value is -2.40. The number of rotatable bonds is 3. The average Bonchev–Trinajstić information content (AvgIpc) is 3.46. The lowest BCUT2D eigenvalue weighted by Crippen LogP contribution is -2.66. The number of piperidine rings is 1. The van der Waals surface area contributed by atoms with Gasteiger partial charge in [0.25, 0.3) is 5.91 Å². The molecule has 2 aliphatic heterocycles. The number of halogens is 1. The Morgan fingerprint density at radius 3 is 2.81 bits per heavy atom. The number of hydrogen-bond acceptors (Lipinski definition) is 3. The van der Waals surface area contributed by atoms with Crippen LogP contribution in [-0.4, -0.2) is 52.5 Å². The maximum absolute atomic E-state index is 14.1. The molecule has 2 saturated heterocycles. The van der Waals surface area contributed by atoms with Gasteiger partial charge in [0.15, 0.2) is 0 Å². The molecular formula is C32H37FN2O2. The maximum Gasteiger partial charge on any atom is 0.254 e. The molecule has 194 valence electrons. The number of benzene rings is 2. The van der Waals surface area contributed by atoms with Gasteiger partial charge in [0.2, 0.25) is 0 Å². The van der Waals surface area contributed by atoms with E-state index in [-0.39, 0.29) is 28.6 Å². The lowest BCUT2D eigenvalue weighted by atomic mass is 9.49. The van der Waals surface area contributed by atoms with Crippen LogP contribution in [0.1, 0.15) is 66.9 Å². The van der Waals surface area contributed by atoms with E-state index in [2.05, 4.69) is 28.9 Å². The molecule has 6 unspecified atom stereocenters. The Balaban J connectivity index is 1.28. The predicted molar refractivity (Wildman–Crippen MR) is 140 cm³/mol. The molecule has 7 atom stereocenters. The van der Waals surface area contributed by atoms with Crippen LogP contribution in [0.4, 0.5) is 4.39 Å². The fraction of sp³-hybridized carbons (Fsp3) is 0.594. The number of likely N-dealkylation sites (tertiary alicyclic amines) is 2. The summed E-state index contributed by atoms with van der Waals surface area (Å²) in [6.07, 6.45) is 8.36. The minimum absolute atomic E-state index is 0.00332. The van der Waals surface area contributed by atoms with Gasteiger partial charge in [-0.3, -0.25) is 9.69 Å². The summed E-state index contributed by atoms with van der Waals surface area (Å²) in [5, 5.41) is 10.7. The molecule has 1 spiro atoms. The third-order valence-corrected chi connectivity index (χ3v) is 11.8. The summed E-state index contributed by atoms with van der Waals surface area (Å²) in [6.45, 7) is 5.66. The van der Waals surface area contributed by atoms with Crippen molar-refractivity contribution < 1.29 is 14.3 Å². The number of hydrogen-bond donors (Lipinski definition) is 1. The second-order valence-corrected chi connectivity index (χ2v) is 13.3. The van der Waals surface area contributed by atoms with Gasteiger partial charge in [-0.15, -0.1) is 0 Å². The summed E-state index contributed by atoms with van der Waals surface area (Å²) in [4.78, 5) is 18.8. The van der Waals surface area contributed by atoms with Gasteiger partial charge in [-0.05, 0) is 116 Å². The molecule has 5 fully saturated rings. The summed E-state index contributed by atoms with van der Waals surface area (Å²) >= 11 is 0. The molecule has 8 rings (SSSR count). The van der Waals surface area contributed by atoms with E-state index in [4.69, 9.17) is 0 Å². The molecular weight excluding hydrogens is 463 g/mol. The molecule has 6 aliphatic rings. The highest BCUT2D eigenvalue weighted by Crippen LogP contribution is 2.76. The summed E-state index contributed by atoms with van der Waals surface area (Å²) in [7, 11) is 0. The molecule has 3 saturated carbocycles. The average molecular weight is 501 g/mol. The third-order valence-electron chi connectivity index (χ3n) is 11.8. The van der Waals surface area contributed by atoms with E-state index in [9.17, 15) is 14.3 Å². The van der Waals surface area contributed by atoms with E-state index in [1.54, 1.807) is 12.1 Å². The summed E-state index contributed by atoms with van der Waals surface area (Å²) in [5.41, 5.74) is 3.48. The first-order valence-corrected chi connectivity index (χ1v) is 14.6. The van der Waals surface area contributed by atoms with Crippen LogP contribution >= 0.6 is 0 Å². The Bertz CT molecular complexity index is 1290. The molecule has 0 radical (unpaired) electrons. The first kappa shape index (κ1) is 22.6. The van der Waals surface area contributed by atoms with Crippen LogP contribution in [0.25, 0.3) is 0 Å². The van der Waals surface area contributed by atoms with Crippen LogP contribution in [0.3, 0.4) is 0 Å². The molecule has 4 nitrogen and oxygen atoms in total. The Kier molecular flexibility index (Phi) is 4.63. The lowest BCUT2D eigenvalue weighted by molar-refractivity contribution is -0.0842. The fourth-order valence-corrected chi connectivity index (χ4v) is 10.6. The molecule has 2 heterocycles. The smallest absolute Gasteiger partial charge is 0.254 e. The number of carbonyl (C=O) groups excluding carboxylic acids is 1. The molecule has 2 aromatic carbocycles. The zero-order valence-corrected chi connectivity index (χ0v) is 21.7. The quantitative estimate of drug-likeness (QED) is 0.615. The number of aromatic hydroxyl groups is 1. The summed E-state index contributed by atoms with van der Waals surface area (Å²) in [5.74, 6) is 2.29. The zero-order valence-electron chi connectivity index (χ0n) is 21.7. The van der Waals surface area contributed by atoms with Crippen molar-refractivity contribution in [2.24, 2.45) is 29.1 Å². The number of phenolic OH excluding ortho intramolecular Hbond substituents is 1. The van der Waals surface area contributed by atoms with Crippen LogP contribution < -0.4 is 0 Å². The van der Waals surface area contributed by atoms with Crippen molar-refractivity contribution in [3.63, 3.8) is 0 Å². The van der Waals surface area contributed by atoms with Crippen molar-refractivity contribution in [3.8, 4) is 5.75 Å². The molecule has 1 N–H and O–H groups in total. The normalized spacial score (nSPS) is 39.7. The second kappa shape index (κ2) is 7.59. The van der Waals surface area contributed by atoms with Gasteiger partial charge in [0.05, 0.1) is 0 Å². The second-order valence-electron chi connectivity index (χ2n) is 13.3. The number of fused-ring (bicyclic) bond motifs is 1. The van der Waals surface area contributed by atoms with Crippen molar-refractivity contribution in [1.82, 2.24) is 9.80 Å². The molecule has 4 aliphatic carbocycles. The van der Waals surface area contributed by atoms with Crippen LogP contribution in [0.15, 0.2) is 42.5 Å². The van der Waals surface area contributed by atoms with Crippen LogP contribution in [0.5, 0.6) is 5.75 Å². The van der Waals surface area contributed by atoms with Gasteiger partial charge < -0.3 is 10.0 Å². The third kappa shape index (κ3) is 2.84. The minimum atomic E-state index is -0.346. The molecule has 0 aromatic heterocycles. The highest BCUT2D eigenvalue weighted by molar-refractivity contribution is 5.94. The van der Waals surface area contributed by atoms with E-state index in [1.165, 1.54) is 49.1 Å². The topological polar surface area (TPSA) is 43.8 Å². The summed E-state index contributed by atoms with van der Waals surface area (Å²) < 4.78 is 14.1. The monoisotopic (exact) mass is 500 g/mol. The zero-order chi connectivity index (χ0) is 25.1. The van der Waals surface area contributed by atoms with Crippen molar-refractivity contribution in [3.05, 3.63) is 65.0 Å². The van der Waals surface area contributed by atoms with Gasteiger partial charge in [0, 0.05) is 42.7 Å².